The number of aliphatic hydroxyl groups excluding tert-OH is 1. The van der Waals surface area contributed by atoms with E-state index in [9.17, 15) is 48.3 Å². The molecule has 0 aromatic rings. The molecule has 0 saturated carbocycles. The minimum absolute atomic E-state index is 0.0230. The maximum Gasteiger partial charge on any atom is 0.246 e. The molecule has 0 radical (unpaired) electrons. The molecule has 0 aromatic carbocycles. The summed E-state index contributed by atoms with van der Waals surface area (Å²) in [5.74, 6) is -9.64. The van der Waals surface area contributed by atoms with E-state index in [1.165, 1.54) is 80.8 Å². The molecule has 12 atom stereocenters. The van der Waals surface area contributed by atoms with Gasteiger partial charge in [-0.2, -0.15) is 0 Å². The topological polar surface area (TPSA) is 279 Å². The van der Waals surface area contributed by atoms with Gasteiger partial charge >= 0.3 is 0 Å². The Bertz CT molecular complexity index is 2340. The zero-order valence-electron chi connectivity index (χ0n) is 56.8. The standard InChI is InChI=1S/C63H113N11O12/c1-25-28-29-41(16)53(76)52-57(80)66-44(27-3)59(82)68(18)34-49(75)69(19)45(30-35(4)5)56(79)67-50(39(12)13)62(85)70(20)46(31-36(6)7)55(78)65-43(26-2)54(77)64-42(17)58(81)71(21)47(32-37(8)9)60(83)72(22)48(33-38(10)11)61(84)73(23)51(40(14)15)63(86)74(52)24/h25,28,35-48,50-53,76H,26-27,29-34H2,1-24H3,(H,64,77)(H,65,78)(H,66,80)(H,67,79)/b28-25+/t41?,42-,43+,44+,45+,46+,47+,48+,50+,51+,52-,53?/m1/s1. The summed E-state index contributed by atoms with van der Waals surface area (Å²) >= 11 is 0. The third-order valence-corrected chi connectivity index (χ3v) is 16.4. The first kappa shape index (κ1) is 77.9. The Morgan fingerprint density at radius 1 is 0.453 bits per heavy atom. The number of hydrogen-bond donors (Lipinski definition) is 5. The summed E-state index contributed by atoms with van der Waals surface area (Å²) in [5, 5.41) is 23.2. The van der Waals surface area contributed by atoms with Crippen molar-refractivity contribution in [1.82, 2.24) is 55.6 Å². The number of amides is 11. The normalized spacial score (nSPS) is 26.7. The van der Waals surface area contributed by atoms with E-state index in [-0.39, 0.29) is 62.2 Å². The van der Waals surface area contributed by atoms with Crippen molar-refractivity contribution in [2.24, 2.45) is 41.4 Å². The number of aliphatic hydroxyl groups is 1. The van der Waals surface area contributed by atoms with Crippen LogP contribution in [0.4, 0.5) is 0 Å². The summed E-state index contributed by atoms with van der Waals surface area (Å²) in [6, 6.07) is -12.3. The lowest BCUT2D eigenvalue weighted by molar-refractivity contribution is -0.157. The van der Waals surface area contributed by atoms with Crippen LogP contribution < -0.4 is 21.3 Å². The van der Waals surface area contributed by atoms with Gasteiger partial charge in [0, 0.05) is 49.3 Å². The highest BCUT2D eigenvalue weighted by Crippen LogP contribution is 2.26. The number of rotatable bonds is 16. The van der Waals surface area contributed by atoms with Crippen molar-refractivity contribution in [3.05, 3.63) is 12.2 Å². The first-order chi connectivity index (χ1) is 39.7. The third kappa shape index (κ3) is 21.6. The predicted octanol–water partition coefficient (Wildman–Crippen LogP) is 3.66. The van der Waals surface area contributed by atoms with E-state index in [2.05, 4.69) is 21.3 Å². The van der Waals surface area contributed by atoms with Crippen molar-refractivity contribution in [3.8, 4) is 0 Å². The van der Waals surface area contributed by atoms with Crippen molar-refractivity contribution < 1.29 is 57.8 Å². The quantitative estimate of drug-likeness (QED) is 0.139. The molecule has 1 fully saturated rings. The molecule has 492 valence electrons. The summed E-state index contributed by atoms with van der Waals surface area (Å²) in [6.07, 6.45) is 3.14. The largest absolute Gasteiger partial charge is 0.390 e. The van der Waals surface area contributed by atoms with Gasteiger partial charge in [0.25, 0.3) is 0 Å². The fourth-order valence-corrected chi connectivity index (χ4v) is 10.9. The lowest BCUT2D eigenvalue weighted by Gasteiger charge is -2.41. The number of carbonyl (C=O) groups excluding carboxylic acids is 11. The molecule has 0 aromatic heterocycles. The number of allylic oxidation sites excluding steroid dienone is 2. The Balaban J connectivity index is 4.36. The second kappa shape index (κ2) is 35.6. The Morgan fingerprint density at radius 3 is 1.30 bits per heavy atom. The molecule has 1 saturated heterocycles. The van der Waals surface area contributed by atoms with Crippen molar-refractivity contribution in [1.29, 1.82) is 0 Å². The number of carbonyl (C=O) groups is 11. The molecule has 0 aliphatic carbocycles. The highest BCUT2D eigenvalue weighted by Gasteiger charge is 2.46. The summed E-state index contributed by atoms with van der Waals surface area (Å²) in [7, 11) is 9.95. The second-order valence-electron chi connectivity index (χ2n) is 26.3. The van der Waals surface area contributed by atoms with Crippen LogP contribution in [0.3, 0.4) is 0 Å². The Hall–Kier alpha value is -6.13. The third-order valence-electron chi connectivity index (χ3n) is 16.4. The highest BCUT2D eigenvalue weighted by atomic mass is 16.3. The molecule has 0 bridgehead atoms. The molecule has 2 unspecified atom stereocenters. The lowest BCUT2D eigenvalue weighted by atomic mass is 9.91. The van der Waals surface area contributed by atoms with Gasteiger partial charge in [-0.1, -0.05) is 116 Å². The molecule has 1 rings (SSSR count). The first-order valence-corrected chi connectivity index (χ1v) is 31.1. The van der Waals surface area contributed by atoms with Crippen LogP contribution >= 0.6 is 0 Å². The summed E-state index contributed by atoms with van der Waals surface area (Å²) in [4.78, 5) is 169. The number of nitrogens with one attached hydrogen (secondary N) is 4. The highest BCUT2D eigenvalue weighted by molar-refractivity contribution is 5.99. The summed E-state index contributed by atoms with van der Waals surface area (Å²) in [5.41, 5.74) is 0. The molecular formula is C63H113N11O12. The SMILES string of the molecule is C/C=C/CC(C)C(O)[C@@H]1C(=O)N[C@@H](CC)C(=O)N(C)CC(=O)N(C)[C@@H](CC(C)C)C(=O)N[C@@H](C(C)C)C(=O)N(C)[C@@H](CC(C)C)C(=O)N[C@@H](CC)C(=O)N[C@H](C)C(=O)N(C)[C@@H](CC(C)C)C(=O)N(C)[C@@H](CC(C)C)C(=O)N(C)[C@@H](C(C)C)C(=O)N1C. The zero-order chi connectivity index (χ0) is 66.7. The van der Waals surface area contributed by atoms with Crippen LogP contribution in [0.25, 0.3) is 0 Å². The minimum atomic E-state index is -1.61. The smallest absolute Gasteiger partial charge is 0.246 e. The van der Waals surface area contributed by atoms with Gasteiger partial charge < -0.3 is 60.7 Å². The Morgan fingerprint density at radius 2 is 0.860 bits per heavy atom. The van der Waals surface area contributed by atoms with Gasteiger partial charge in [-0.25, -0.2) is 0 Å². The fraction of sp³-hybridized carbons (Fsp3) is 0.794. The van der Waals surface area contributed by atoms with E-state index < -0.39 is 156 Å². The van der Waals surface area contributed by atoms with Crippen LogP contribution in [0, 0.1) is 41.4 Å². The average molecular weight is 1220 g/mol. The van der Waals surface area contributed by atoms with Crippen molar-refractivity contribution in [2.45, 2.75) is 229 Å². The van der Waals surface area contributed by atoms with Gasteiger partial charge in [0.15, 0.2) is 0 Å². The molecule has 86 heavy (non-hydrogen) atoms. The predicted molar refractivity (Wildman–Crippen MR) is 333 cm³/mol. The summed E-state index contributed by atoms with van der Waals surface area (Å²) in [6.45, 7) is 29.6. The number of likely N-dealkylation sites (N-methyl/N-ethyl adjacent to an activating group) is 7. The van der Waals surface area contributed by atoms with E-state index in [1.807, 2.05) is 61.5 Å². The van der Waals surface area contributed by atoms with Gasteiger partial charge in [0.2, 0.25) is 65.0 Å². The Kier molecular flexibility index (Phi) is 32.3. The van der Waals surface area contributed by atoms with E-state index in [1.54, 1.807) is 61.5 Å². The van der Waals surface area contributed by atoms with Crippen LogP contribution in [0.2, 0.25) is 0 Å². The molecule has 1 aliphatic rings. The zero-order valence-corrected chi connectivity index (χ0v) is 56.8. The van der Waals surface area contributed by atoms with Gasteiger partial charge in [-0.15, -0.1) is 0 Å². The van der Waals surface area contributed by atoms with Crippen LogP contribution in [0.5, 0.6) is 0 Å². The lowest BCUT2D eigenvalue weighted by Crippen LogP contribution is -2.63. The average Bonchev–Trinajstić information content (AvgIpc) is 2.32. The van der Waals surface area contributed by atoms with Crippen LogP contribution in [0.1, 0.15) is 163 Å². The van der Waals surface area contributed by atoms with E-state index >= 15 is 9.59 Å². The van der Waals surface area contributed by atoms with Crippen LogP contribution in [0.15, 0.2) is 12.2 Å². The molecular weight excluding hydrogens is 1100 g/mol. The van der Waals surface area contributed by atoms with Crippen LogP contribution in [-0.2, 0) is 52.7 Å². The van der Waals surface area contributed by atoms with Crippen molar-refractivity contribution >= 4 is 65.0 Å². The molecule has 5 N–H and O–H groups in total. The van der Waals surface area contributed by atoms with Gasteiger partial charge in [0.1, 0.15) is 60.4 Å². The second-order valence-corrected chi connectivity index (χ2v) is 26.3. The molecule has 1 aliphatic heterocycles. The minimum Gasteiger partial charge on any atom is -0.390 e. The van der Waals surface area contributed by atoms with E-state index in [0.717, 1.165) is 9.80 Å². The van der Waals surface area contributed by atoms with Gasteiger partial charge in [0.05, 0.1) is 12.6 Å². The molecule has 11 amide bonds. The van der Waals surface area contributed by atoms with Crippen molar-refractivity contribution in [3.63, 3.8) is 0 Å². The maximum atomic E-state index is 15.1. The van der Waals surface area contributed by atoms with Gasteiger partial charge in [-0.3, -0.25) is 52.7 Å². The monoisotopic (exact) mass is 1220 g/mol. The first-order valence-electron chi connectivity index (χ1n) is 31.1. The molecule has 23 nitrogen and oxygen atoms in total. The molecule has 0 spiro atoms. The number of hydrogen-bond acceptors (Lipinski definition) is 12. The maximum absolute atomic E-state index is 15.1. The fourth-order valence-electron chi connectivity index (χ4n) is 10.9. The van der Waals surface area contributed by atoms with E-state index in [0.29, 0.717) is 6.42 Å². The Labute approximate surface area is 515 Å². The summed E-state index contributed by atoms with van der Waals surface area (Å²) < 4.78 is 0. The number of nitrogens with zero attached hydrogens (tertiary/aromatic N) is 7. The molecule has 23 heteroatoms. The molecule has 1 heterocycles. The van der Waals surface area contributed by atoms with E-state index in [4.69, 9.17) is 0 Å². The van der Waals surface area contributed by atoms with Crippen molar-refractivity contribution in [2.75, 3.05) is 55.9 Å². The van der Waals surface area contributed by atoms with Crippen LogP contribution in [-0.4, -0.2) is 227 Å². The van der Waals surface area contributed by atoms with Gasteiger partial charge in [-0.05, 0) is 100 Å².